The summed E-state index contributed by atoms with van der Waals surface area (Å²) in [5.41, 5.74) is 2.76. The number of anilines is 1. The van der Waals surface area contributed by atoms with Gasteiger partial charge in [-0.3, -0.25) is 9.59 Å². The fourth-order valence-electron chi connectivity index (χ4n) is 2.24. The van der Waals surface area contributed by atoms with E-state index in [1.54, 1.807) is 30.3 Å². The molecule has 0 unspecified atom stereocenters. The lowest BCUT2D eigenvalue weighted by Gasteiger charge is -2.09. The van der Waals surface area contributed by atoms with Crippen LogP contribution in [-0.4, -0.2) is 24.4 Å². The smallest absolute Gasteiger partial charge is 0.224 e. The van der Waals surface area contributed by atoms with Crippen LogP contribution in [0.15, 0.2) is 36.4 Å². The molecule has 0 aromatic heterocycles. The summed E-state index contributed by atoms with van der Waals surface area (Å²) in [7, 11) is 1.48. The van der Waals surface area contributed by atoms with Crippen molar-refractivity contribution >= 4 is 17.9 Å². The zero-order valence-electron chi connectivity index (χ0n) is 13.1. The average Bonchev–Trinajstić information content (AvgIpc) is 2.53. The van der Waals surface area contributed by atoms with E-state index in [0.717, 1.165) is 17.4 Å². The number of carbonyl (C=O) groups excluding carboxylic acids is 2. The number of ether oxygens (including phenoxy) is 1. The summed E-state index contributed by atoms with van der Waals surface area (Å²) in [6, 6.07) is 10.3. The lowest BCUT2D eigenvalue weighted by atomic mass is 10.1. The van der Waals surface area contributed by atoms with Crippen molar-refractivity contribution in [2.45, 2.75) is 19.8 Å². The van der Waals surface area contributed by atoms with E-state index in [1.165, 1.54) is 7.11 Å². The number of phenols is 1. The van der Waals surface area contributed by atoms with Gasteiger partial charge in [0.2, 0.25) is 5.91 Å². The predicted molar refractivity (Wildman–Crippen MR) is 88.2 cm³/mol. The average molecular weight is 313 g/mol. The van der Waals surface area contributed by atoms with Gasteiger partial charge in [0, 0.05) is 12.0 Å². The van der Waals surface area contributed by atoms with Gasteiger partial charge in [-0.15, -0.1) is 0 Å². The topological polar surface area (TPSA) is 75.6 Å². The number of benzene rings is 2. The predicted octanol–water partition coefficient (Wildman–Crippen LogP) is 3.09. The minimum atomic E-state index is -0.186. The van der Waals surface area contributed by atoms with Crippen LogP contribution < -0.4 is 10.1 Å². The van der Waals surface area contributed by atoms with E-state index in [2.05, 4.69) is 5.32 Å². The van der Waals surface area contributed by atoms with Gasteiger partial charge in [-0.2, -0.15) is 0 Å². The highest BCUT2D eigenvalue weighted by Crippen LogP contribution is 2.26. The van der Waals surface area contributed by atoms with Crippen molar-refractivity contribution in [3.63, 3.8) is 0 Å². The normalized spacial score (nSPS) is 10.2. The second-order valence-corrected chi connectivity index (χ2v) is 5.26. The van der Waals surface area contributed by atoms with Crippen LogP contribution in [0, 0.1) is 6.92 Å². The second-order valence-electron chi connectivity index (χ2n) is 5.26. The molecule has 0 radical (unpaired) electrons. The molecule has 0 atom stereocenters. The molecule has 2 aromatic rings. The number of methoxy groups -OCH3 is 1. The molecule has 2 N–H and O–H groups in total. The van der Waals surface area contributed by atoms with Gasteiger partial charge in [-0.25, -0.2) is 0 Å². The van der Waals surface area contributed by atoms with Crippen LogP contribution in [0.1, 0.15) is 27.9 Å². The third-order valence-electron chi connectivity index (χ3n) is 3.49. The van der Waals surface area contributed by atoms with Crippen molar-refractivity contribution in [3.8, 4) is 11.5 Å². The van der Waals surface area contributed by atoms with Crippen LogP contribution in [0.5, 0.6) is 11.5 Å². The Morgan fingerprint density at radius 2 is 2.04 bits per heavy atom. The van der Waals surface area contributed by atoms with Gasteiger partial charge >= 0.3 is 0 Å². The number of nitrogens with one attached hydrogen (secondary N) is 1. The maximum atomic E-state index is 12.1. The molecule has 0 fully saturated rings. The molecule has 0 aliphatic heterocycles. The van der Waals surface area contributed by atoms with E-state index < -0.39 is 0 Å². The number of hydrogen-bond donors (Lipinski definition) is 2. The summed E-state index contributed by atoms with van der Waals surface area (Å²) in [4.78, 5) is 23.1. The Bertz CT molecular complexity index is 725. The highest BCUT2D eigenvalue weighted by Gasteiger charge is 2.09. The summed E-state index contributed by atoms with van der Waals surface area (Å²) in [5.74, 6) is 0.259. The molecule has 0 aliphatic carbocycles. The summed E-state index contributed by atoms with van der Waals surface area (Å²) >= 11 is 0. The zero-order chi connectivity index (χ0) is 16.8. The first-order valence-corrected chi connectivity index (χ1v) is 7.25. The molecule has 2 aromatic carbocycles. The molecule has 23 heavy (non-hydrogen) atoms. The van der Waals surface area contributed by atoms with Crippen molar-refractivity contribution in [2.75, 3.05) is 12.4 Å². The van der Waals surface area contributed by atoms with Gasteiger partial charge in [-0.05, 0) is 48.7 Å². The molecule has 0 saturated heterocycles. The number of hydrogen-bond acceptors (Lipinski definition) is 4. The number of carbonyl (C=O) groups is 2. The largest absolute Gasteiger partial charge is 0.504 e. The molecule has 0 bridgehead atoms. The van der Waals surface area contributed by atoms with Crippen LogP contribution >= 0.6 is 0 Å². The van der Waals surface area contributed by atoms with Gasteiger partial charge in [0.1, 0.15) is 0 Å². The Labute approximate surface area is 134 Å². The lowest BCUT2D eigenvalue weighted by Crippen LogP contribution is -2.13. The Morgan fingerprint density at radius 3 is 2.70 bits per heavy atom. The first kappa shape index (κ1) is 16.5. The lowest BCUT2D eigenvalue weighted by molar-refractivity contribution is -0.116. The monoisotopic (exact) mass is 313 g/mol. The number of amides is 1. The summed E-state index contributed by atoms with van der Waals surface area (Å²) < 4.78 is 4.98. The molecule has 0 aliphatic rings. The van der Waals surface area contributed by atoms with Crippen LogP contribution in [0.3, 0.4) is 0 Å². The molecular formula is C18H19NO4. The Hall–Kier alpha value is -2.82. The van der Waals surface area contributed by atoms with Gasteiger partial charge < -0.3 is 15.2 Å². The third kappa shape index (κ3) is 4.32. The van der Waals surface area contributed by atoms with Crippen LogP contribution in [0.25, 0.3) is 0 Å². The van der Waals surface area contributed by atoms with E-state index in [9.17, 15) is 14.7 Å². The Kier molecular flexibility index (Phi) is 5.36. The van der Waals surface area contributed by atoms with Gasteiger partial charge in [0.05, 0.1) is 12.8 Å². The second kappa shape index (κ2) is 7.45. The quantitative estimate of drug-likeness (QED) is 0.804. The maximum Gasteiger partial charge on any atom is 0.224 e. The van der Waals surface area contributed by atoms with Gasteiger partial charge in [-0.1, -0.05) is 12.1 Å². The van der Waals surface area contributed by atoms with E-state index in [-0.39, 0.29) is 18.1 Å². The van der Waals surface area contributed by atoms with Crippen molar-refractivity contribution in [2.24, 2.45) is 0 Å². The minimum absolute atomic E-state index is 0.0485. The fourth-order valence-corrected chi connectivity index (χ4v) is 2.24. The van der Waals surface area contributed by atoms with E-state index in [1.807, 2.05) is 13.0 Å². The van der Waals surface area contributed by atoms with Crippen molar-refractivity contribution in [1.29, 1.82) is 0 Å². The van der Waals surface area contributed by atoms with Crippen molar-refractivity contribution in [3.05, 3.63) is 53.1 Å². The molecule has 2 rings (SSSR count). The van der Waals surface area contributed by atoms with E-state index >= 15 is 0 Å². The summed E-state index contributed by atoms with van der Waals surface area (Å²) in [6.45, 7) is 1.89. The molecule has 0 spiro atoms. The highest BCUT2D eigenvalue weighted by atomic mass is 16.5. The first-order valence-electron chi connectivity index (χ1n) is 7.25. The minimum Gasteiger partial charge on any atom is -0.504 e. The molecule has 5 nitrogen and oxygen atoms in total. The Morgan fingerprint density at radius 1 is 1.26 bits per heavy atom. The van der Waals surface area contributed by atoms with Crippen molar-refractivity contribution < 1.29 is 19.4 Å². The molecule has 0 heterocycles. The summed E-state index contributed by atoms with van der Waals surface area (Å²) in [6.07, 6.45) is 1.44. The van der Waals surface area contributed by atoms with Crippen LogP contribution in [0.2, 0.25) is 0 Å². The summed E-state index contributed by atoms with van der Waals surface area (Å²) in [5, 5.41) is 12.5. The number of aldehydes is 1. The van der Waals surface area contributed by atoms with E-state index in [4.69, 9.17) is 4.74 Å². The molecule has 1 amide bonds. The third-order valence-corrected chi connectivity index (χ3v) is 3.49. The van der Waals surface area contributed by atoms with E-state index in [0.29, 0.717) is 23.4 Å². The number of rotatable bonds is 6. The maximum absolute atomic E-state index is 12.1. The number of aromatic hydroxyl groups is 1. The molecular weight excluding hydrogens is 294 g/mol. The highest BCUT2D eigenvalue weighted by molar-refractivity contribution is 5.96. The Balaban J connectivity index is 1.99. The van der Waals surface area contributed by atoms with Crippen molar-refractivity contribution in [1.82, 2.24) is 0 Å². The standard InChI is InChI=1S/C18H19NO4/c1-12-3-6-14(11-20)15(9-12)19-18(22)8-5-13-4-7-17(23-2)16(21)10-13/h3-4,6-7,9-11,21H,5,8H2,1-2H3,(H,19,22). The fraction of sp³-hybridized carbons (Fsp3) is 0.222. The molecule has 5 heteroatoms. The molecule has 0 saturated carbocycles. The van der Waals surface area contributed by atoms with Gasteiger partial charge in [0.15, 0.2) is 17.8 Å². The first-order chi connectivity index (χ1) is 11.0. The SMILES string of the molecule is COc1ccc(CCC(=O)Nc2cc(C)ccc2C=O)cc1O. The van der Waals surface area contributed by atoms with Crippen LogP contribution in [0.4, 0.5) is 5.69 Å². The number of aryl methyl sites for hydroxylation is 2. The van der Waals surface area contributed by atoms with Gasteiger partial charge in [0.25, 0.3) is 0 Å². The molecule has 120 valence electrons. The zero-order valence-corrected chi connectivity index (χ0v) is 13.1. The number of phenolic OH excluding ortho intramolecular Hbond substituents is 1. The van der Waals surface area contributed by atoms with Crippen LogP contribution in [-0.2, 0) is 11.2 Å².